The Morgan fingerprint density at radius 2 is 2.00 bits per heavy atom. The Morgan fingerprint density at radius 1 is 1.29 bits per heavy atom. The van der Waals surface area contributed by atoms with Crippen molar-refractivity contribution in [3.63, 3.8) is 0 Å². The van der Waals surface area contributed by atoms with Crippen molar-refractivity contribution in [3.05, 3.63) is 23.8 Å². The predicted molar refractivity (Wildman–Crippen MR) is 70.1 cm³/mol. The molecule has 1 heterocycles. The van der Waals surface area contributed by atoms with Crippen LogP contribution in [0.3, 0.4) is 0 Å². The number of aliphatic carboxylic acids is 1. The van der Waals surface area contributed by atoms with Gasteiger partial charge in [0, 0.05) is 5.56 Å². The summed E-state index contributed by atoms with van der Waals surface area (Å²) in [5.74, 6) is -1.18. The van der Waals surface area contributed by atoms with Crippen molar-refractivity contribution < 1.29 is 29.0 Å². The van der Waals surface area contributed by atoms with Crippen LogP contribution in [0.4, 0.5) is 0 Å². The highest BCUT2D eigenvalue weighted by Gasteiger charge is 2.17. The predicted octanol–water partition coefficient (Wildman–Crippen LogP) is -0.266. The quantitative estimate of drug-likeness (QED) is 0.689. The zero-order chi connectivity index (χ0) is 15.4. The number of fused-ring (bicyclic) bond motifs is 1. The van der Waals surface area contributed by atoms with Crippen LogP contribution in [0, 0.1) is 0 Å². The maximum Gasteiger partial charge on any atom is 0.325 e. The number of carbonyl (C=O) groups is 3. The van der Waals surface area contributed by atoms with Crippen LogP contribution in [0.15, 0.2) is 18.2 Å². The van der Waals surface area contributed by atoms with Gasteiger partial charge in [0.1, 0.15) is 6.04 Å². The molecule has 1 atom stereocenters. The molecule has 0 saturated heterocycles. The Bertz CT molecular complexity index is 586. The van der Waals surface area contributed by atoms with E-state index >= 15 is 0 Å². The van der Waals surface area contributed by atoms with Crippen molar-refractivity contribution in [1.29, 1.82) is 0 Å². The highest BCUT2D eigenvalue weighted by atomic mass is 16.7. The summed E-state index contributed by atoms with van der Waals surface area (Å²) in [6, 6.07) is 3.64. The third-order valence-electron chi connectivity index (χ3n) is 2.79. The first-order valence-corrected chi connectivity index (χ1v) is 6.17. The fourth-order valence-electron chi connectivity index (χ4n) is 1.65. The Morgan fingerprint density at radius 3 is 2.71 bits per heavy atom. The number of hydrogen-bond donors (Lipinski definition) is 3. The molecule has 1 aliphatic rings. The molecular formula is C13H14N2O6. The molecule has 0 bridgehead atoms. The zero-order valence-corrected chi connectivity index (χ0v) is 11.2. The van der Waals surface area contributed by atoms with Gasteiger partial charge in [-0.2, -0.15) is 0 Å². The summed E-state index contributed by atoms with van der Waals surface area (Å²) < 4.78 is 10.3. The lowest BCUT2D eigenvalue weighted by atomic mass is 10.2. The van der Waals surface area contributed by atoms with E-state index in [9.17, 15) is 14.4 Å². The average molecular weight is 294 g/mol. The number of hydrogen-bond acceptors (Lipinski definition) is 5. The van der Waals surface area contributed by atoms with Gasteiger partial charge in [0.25, 0.3) is 5.91 Å². The topological polar surface area (TPSA) is 114 Å². The summed E-state index contributed by atoms with van der Waals surface area (Å²) in [4.78, 5) is 33.9. The smallest absolute Gasteiger partial charge is 0.325 e. The van der Waals surface area contributed by atoms with Gasteiger partial charge in [-0.25, -0.2) is 0 Å². The van der Waals surface area contributed by atoms with E-state index in [1.165, 1.54) is 13.0 Å². The molecule has 3 N–H and O–H groups in total. The molecule has 0 radical (unpaired) electrons. The third kappa shape index (κ3) is 3.62. The Balaban J connectivity index is 1.87. The monoisotopic (exact) mass is 294 g/mol. The molecule has 0 fully saturated rings. The van der Waals surface area contributed by atoms with Crippen LogP contribution in [0.25, 0.3) is 0 Å². The standard InChI is InChI=1S/C13H14N2O6/c1-7(13(18)19)15-11(16)5-14-12(17)8-2-3-9-10(4-8)21-6-20-9/h2-4,7H,5-6H2,1H3,(H,14,17)(H,15,16)(H,18,19). The van der Waals surface area contributed by atoms with E-state index in [1.807, 2.05) is 0 Å². The summed E-state index contributed by atoms with van der Waals surface area (Å²) >= 11 is 0. The first-order valence-electron chi connectivity index (χ1n) is 6.17. The minimum absolute atomic E-state index is 0.107. The largest absolute Gasteiger partial charge is 0.480 e. The van der Waals surface area contributed by atoms with E-state index in [4.69, 9.17) is 14.6 Å². The maximum absolute atomic E-state index is 11.9. The molecule has 8 nitrogen and oxygen atoms in total. The SMILES string of the molecule is CC(NC(=O)CNC(=O)c1ccc2c(c1)OCO2)C(=O)O. The van der Waals surface area contributed by atoms with E-state index in [1.54, 1.807) is 12.1 Å². The van der Waals surface area contributed by atoms with Crippen molar-refractivity contribution in [2.45, 2.75) is 13.0 Å². The number of nitrogens with one attached hydrogen (secondary N) is 2. The van der Waals surface area contributed by atoms with Crippen molar-refractivity contribution in [3.8, 4) is 11.5 Å². The van der Waals surface area contributed by atoms with Crippen molar-refractivity contribution in [2.75, 3.05) is 13.3 Å². The summed E-state index contributed by atoms with van der Waals surface area (Å²) in [5.41, 5.74) is 0.318. The van der Waals surface area contributed by atoms with Gasteiger partial charge in [-0.05, 0) is 25.1 Å². The van der Waals surface area contributed by atoms with E-state index in [2.05, 4.69) is 10.6 Å². The van der Waals surface area contributed by atoms with Crippen LogP contribution in [0.2, 0.25) is 0 Å². The summed E-state index contributed by atoms with van der Waals surface area (Å²) in [6.07, 6.45) is 0. The molecule has 1 unspecified atom stereocenters. The van der Waals surface area contributed by atoms with Crippen LogP contribution in [-0.4, -0.2) is 42.3 Å². The number of carbonyl (C=O) groups excluding carboxylic acids is 2. The molecule has 0 aromatic heterocycles. The van der Waals surface area contributed by atoms with E-state index in [0.29, 0.717) is 17.1 Å². The number of amides is 2. The molecule has 0 aliphatic carbocycles. The summed E-state index contributed by atoms with van der Waals surface area (Å²) in [6.45, 7) is 1.13. The van der Waals surface area contributed by atoms with Gasteiger partial charge in [-0.15, -0.1) is 0 Å². The van der Waals surface area contributed by atoms with Gasteiger partial charge in [-0.1, -0.05) is 0 Å². The zero-order valence-electron chi connectivity index (χ0n) is 11.2. The number of rotatable bonds is 5. The summed E-state index contributed by atoms with van der Waals surface area (Å²) in [5, 5.41) is 13.3. The second-order valence-electron chi connectivity index (χ2n) is 4.38. The van der Waals surface area contributed by atoms with Crippen molar-refractivity contribution >= 4 is 17.8 Å². The van der Waals surface area contributed by atoms with Crippen LogP contribution >= 0.6 is 0 Å². The van der Waals surface area contributed by atoms with Crippen LogP contribution < -0.4 is 20.1 Å². The Kier molecular flexibility index (Phi) is 4.27. The molecule has 0 spiro atoms. The van der Waals surface area contributed by atoms with Gasteiger partial charge in [0.05, 0.1) is 6.54 Å². The lowest BCUT2D eigenvalue weighted by Gasteiger charge is -2.10. The number of carboxylic acid groups (broad SMARTS) is 1. The van der Waals surface area contributed by atoms with Crippen molar-refractivity contribution in [1.82, 2.24) is 10.6 Å². The minimum Gasteiger partial charge on any atom is -0.480 e. The molecule has 1 aliphatic heterocycles. The van der Waals surface area contributed by atoms with E-state index in [0.717, 1.165) is 0 Å². The lowest BCUT2D eigenvalue weighted by molar-refractivity contribution is -0.141. The molecular weight excluding hydrogens is 280 g/mol. The molecule has 21 heavy (non-hydrogen) atoms. The second-order valence-corrected chi connectivity index (χ2v) is 4.38. The van der Waals surface area contributed by atoms with Gasteiger partial charge < -0.3 is 25.2 Å². The number of carboxylic acids is 1. The Labute approximate surface area is 120 Å². The third-order valence-corrected chi connectivity index (χ3v) is 2.79. The fourth-order valence-corrected chi connectivity index (χ4v) is 1.65. The normalized spacial score (nSPS) is 13.4. The van der Waals surface area contributed by atoms with Gasteiger partial charge in [-0.3, -0.25) is 14.4 Å². The molecule has 112 valence electrons. The highest BCUT2D eigenvalue weighted by Crippen LogP contribution is 2.32. The van der Waals surface area contributed by atoms with E-state index < -0.39 is 23.8 Å². The molecule has 1 aromatic carbocycles. The van der Waals surface area contributed by atoms with E-state index in [-0.39, 0.29) is 13.3 Å². The van der Waals surface area contributed by atoms with Crippen LogP contribution in [0.1, 0.15) is 17.3 Å². The molecule has 8 heteroatoms. The molecule has 2 amide bonds. The maximum atomic E-state index is 11.9. The number of ether oxygens (including phenoxy) is 2. The summed E-state index contributed by atoms with van der Waals surface area (Å²) in [7, 11) is 0. The second kappa shape index (κ2) is 6.12. The molecule has 2 rings (SSSR count). The average Bonchev–Trinajstić information content (AvgIpc) is 2.91. The molecule has 0 saturated carbocycles. The molecule has 1 aromatic rings. The Hall–Kier alpha value is -2.77. The first kappa shape index (κ1) is 14.6. The van der Waals surface area contributed by atoms with Crippen LogP contribution in [-0.2, 0) is 9.59 Å². The highest BCUT2D eigenvalue weighted by molar-refractivity contribution is 5.97. The fraction of sp³-hybridized carbons (Fsp3) is 0.308. The van der Waals surface area contributed by atoms with Crippen LogP contribution in [0.5, 0.6) is 11.5 Å². The minimum atomic E-state index is -1.15. The van der Waals surface area contributed by atoms with Gasteiger partial charge in [0.2, 0.25) is 12.7 Å². The van der Waals surface area contributed by atoms with Gasteiger partial charge >= 0.3 is 5.97 Å². The lowest BCUT2D eigenvalue weighted by Crippen LogP contribution is -2.43. The first-order chi connectivity index (χ1) is 9.97. The van der Waals surface area contributed by atoms with Crippen molar-refractivity contribution in [2.24, 2.45) is 0 Å². The van der Waals surface area contributed by atoms with Gasteiger partial charge in [0.15, 0.2) is 11.5 Å². The number of benzene rings is 1.